The van der Waals surface area contributed by atoms with E-state index in [1.807, 2.05) is 66.7 Å². The number of rotatable bonds is 2. The van der Waals surface area contributed by atoms with Crippen molar-refractivity contribution in [3.63, 3.8) is 0 Å². The van der Waals surface area contributed by atoms with E-state index in [9.17, 15) is 5.11 Å². The van der Waals surface area contributed by atoms with E-state index in [0.29, 0.717) is 0 Å². The molecule has 20 heavy (non-hydrogen) atoms. The third kappa shape index (κ3) is 5.27. The molecule has 1 N–H and O–H groups in total. The molecule has 0 atom stereocenters. The van der Waals surface area contributed by atoms with Crippen LogP contribution >= 0.6 is 0 Å². The number of aromatic hydroxyl groups is 1. The number of aliphatic imine (C=N–C) groups is 1. The van der Waals surface area contributed by atoms with Gasteiger partial charge in [-0.15, -0.1) is 12.1 Å². The van der Waals surface area contributed by atoms with Crippen LogP contribution < -0.4 is 0 Å². The van der Waals surface area contributed by atoms with E-state index in [4.69, 9.17) is 0 Å². The van der Waals surface area contributed by atoms with Crippen LogP contribution in [-0.4, -0.2) is 11.3 Å². The van der Waals surface area contributed by atoms with Crippen LogP contribution in [0.4, 0.5) is 5.69 Å². The molecule has 102 valence electrons. The number of phenols is 1. The molecule has 0 aliphatic carbocycles. The molecule has 0 spiro atoms. The Morgan fingerprint density at radius 3 is 2.15 bits per heavy atom. The van der Waals surface area contributed by atoms with Crippen molar-refractivity contribution in [2.24, 2.45) is 4.99 Å². The van der Waals surface area contributed by atoms with Gasteiger partial charge in [-0.1, -0.05) is 18.2 Å². The van der Waals surface area contributed by atoms with Crippen molar-refractivity contribution in [2.45, 2.75) is 0 Å². The number of phenolic OH excluding ortho intramolecular Hbond substituents is 1. The van der Waals surface area contributed by atoms with E-state index in [2.05, 4.69) is 4.99 Å². The summed E-state index contributed by atoms with van der Waals surface area (Å²) in [5.74, 6) is 0.253. The summed E-state index contributed by atoms with van der Waals surface area (Å²) in [5.41, 5.74) is 1.63. The number of para-hydroxylation sites is 1. The normalized spacial score (nSPS) is 9.60. The summed E-state index contributed by atoms with van der Waals surface area (Å²) in [6.07, 6.45) is 1.66. The Bertz CT molecular complexity index is 581. The van der Waals surface area contributed by atoms with Gasteiger partial charge in [0.1, 0.15) is 5.75 Å². The fourth-order valence-corrected chi connectivity index (χ4v) is 1.51. The molecule has 3 rings (SSSR count). The minimum atomic E-state index is 0. The second-order valence-corrected chi connectivity index (χ2v) is 3.92. The summed E-state index contributed by atoms with van der Waals surface area (Å²) in [6, 6.07) is 24.8. The van der Waals surface area contributed by atoms with Crippen LogP contribution in [0.5, 0.6) is 5.75 Å². The number of benzene rings is 1. The minimum absolute atomic E-state index is 0. The molecule has 0 aromatic heterocycles. The Labute approximate surface area is 129 Å². The van der Waals surface area contributed by atoms with Crippen molar-refractivity contribution in [1.82, 2.24) is 0 Å². The molecule has 0 fully saturated rings. The van der Waals surface area contributed by atoms with E-state index in [0.717, 1.165) is 11.3 Å². The van der Waals surface area contributed by atoms with Crippen molar-refractivity contribution in [2.75, 3.05) is 0 Å². The summed E-state index contributed by atoms with van der Waals surface area (Å²) >= 11 is 0. The van der Waals surface area contributed by atoms with Crippen LogP contribution in [0, 0.1) is 0 Å². The van der Waals surface area contributed by atoms with Gasteiger partial charge in [-0.25, -0.2) is 12.1 Å². The first-order valence-corrected chi connectivity index (χ1v) is 6.07. The standard InChI is InChI=1S/C12H10NO.C5H5.Fe/c14-12-8-4-1-5-10(12)9-13-11-6-2-3-7-11;1-2-4-5-3-1;/h1-9,14H;1-5H;/q2*-1;+2. The summed E-state index contributed by atoms with van der Waals surface area (Å²) < 4.78 is 0. The predicted molar refractivity (Wildman–Crippen MR) is 79.4 cm³/mol. The number of nitrogens with zero attached hydrogens (tertiary/aromatic N) is 1. The van der Waals surface area contributed by atoms with Gasteiger partial charge < -0.3 is 10.1 Å². The van der Waals surface area contributed by atoms with Crippen molar-refractivity contribution in [3.05, 3.63) is 84.4 Å². The van der Waals surface area contributed by atoms with Crippen molar-refractivity contribution in [3.8, 4) is 5.75 Å². The maximum atomic E-state index is 9.45. The predicted octanol–water partition coefficient (Wildman–Crippen LogP) is 4.26. The van der Waals surface area contributed by atoms with E-state index in [1.54, 1.807) is 18.3 Å². The molecule has 3 aromatic carbocycles. The second kappa shape index (κ2) is 8.92. The Balaban J connectivity index is 0.000000283. The van der Waals surface area contributed by atoms with Crippen molar-refractivity contribution < 1.29 is 22.2 Å². The molecule has 0 heterocycles. The molecule has 0 unspecified atom stereocenters. The van der Waals surface area contributed by atoms with E-state index >= 15 is 0 Å². The Hall–Kier alpha value is -2.09. The Morgan fingerprint density at radius 1 is 0.950 bits per heavy atom. The Morgan fingerprint density at radius 2 is 1.60 bits per heavy atom. The maximum absolute atomic E-state index is 9.45. The average Bonchev–Trinajstić information content (AvgIpc) is 3.14. The van der Waals surface area contributed by atoms with Gasteiger partial charge in [0, 0.05) is 0 Å². The summed E-state index contributed by atoms with van der Waals surface area (Å²) in [7, 11) is 0. The first-order valence-electron chi connectivity index (χ1n) is 6.07. The second-order valence-electron chi connectivity index (χ2n) is 3.92. The first kappa shape index (κ1) is 16.0. The monoisotopic (exact) mass is 305 g/mol. The van der Waals surface area contributed by atoms with Crippen LogP contribution in [0.25, 0.3) is 0 Å². The number of hydrogen-bond donors (Lipinski definition) is 1. The van der Waals surface area contributed by atoms with Gasteiger partial charge in [-0.2, -0.15) is 30.3 Å². The van der Waals surface area contributed by atoms with E-state index in [-0.39, 0.29) is 22.8 Å². The molecule has 0 amide bonds. The van der Waals surface area contributed by atoms with E-state index in [1.165, 1.54) is 0 Å². The largest absolute Gasteiger partial charge is 2.00 e. The molecular weight excluding hydrogens is 290 g/mol. The fourth-order valence-electron chi connectivity index (χ4n) is 1.51. The molecule has 0 saturated heterocycles. The van der Waals surface area contributed by atoms with Gasteiger partial charge in [0.05, 0.1) is 0 Å². The quantitative estimate of drug-likeness (QED) is 0.428. The summed E-state index contributed by atoms with van der Waals surface area (Å²) in [5, 5.41) is 9.45. The van der Waals surface area contributed by atoms with Gasteiger partial charge in [0.2, 0.25) is 0 Å². The summed E-state index contributed by atoms with van der Waals surface area (Å²) in [6.45, 7) is 0. The molecule has 3 heteroatoms. The molecular formula is C17H15FeNO. The van der Waals surface area contributed by atoms with Crippen LogP contribution in [0.15, 0.2) is 83.9 Å². The zero-order chi connectivity index (χ0) is 13.3. The average molecular weight is 305 g/mol. The Kier molecular flexibility index (Phi) is 7.12. The van der Waals surface area contributed by atoms with Crippen LogP contribution in [0.2, 0.25) is 0 Å². The van der Waals surface area contributed by atoms with Crippen LogP contribution in [0.3, 0.4) is 0 Å². The van der Waals surface area contributed by atoms with Gasteiger partial charge in [-0.3, -0.25) is 0 Å². The van der Waals surface area contributed by atoms with Gasteiger partial charge in [0.25, 0.3) is 0 Å². The third-order valence-electron chi connectivity index (χ3n) is 2.49. The van der Waals surface area contributed by atoms with Crippen molar-refractivity contribution in [1.29, 1.82) is 0 Å². The zero-order valence-corrected chi connectivity index (χ0v) is 11.9. The van der Waals surface area contributed by atoms with Crippen LogP contribution in [-0.2, 0) is 17.1 Å². The molecule has 0 bridgehead atoms. The fraction of sp³-hybridized carbons (Fsp3) is 0. The smallest absolute Gasteiger partial charge is 0.508 e. The van der Waals surface area contributed by atoms with Crippen molar-refractivity contribution >= 4 is 11.9 Å². The molecule has 3 aromatic rings. The SMILES string of the molecule is Oc1ccccc1C=N[c-]1cccc1.[Fe+2].c1cc[cH-]c1. The number of hydrogen-bond acceptors (Lipinski definition) is 2. The maximum Gasteiger partial charge on any atom is 2.00 e. The molecule has 0 saturated carbocycles. The molecule has 0 aliphatic rings. The van der Waals surface area contributed by atoms with Gasteiger partial charge in [-0.05, 0) is 23.5 Å². The minimum Gasteiger partial charge on any atom is -0.508 e. The van der Waals surface area contributed by atoms with E-state index < -0.39 is 0 Å². The molecule has 0 radical (unpaired) electrons. The van der Waals surface area contributed by atoms with Gasteiger partial charge in [0.15, 0.2) is 0 Å². The summed E-state index contributed by atoms with van der Waals surface area (Å²) in [4.78, 5) is 4.21. The van der Waals surface area contributed by atoms with Gasteiger partial charge >= 0.3 is 17.1 Å². The first-order chi connectivity index (χ1) is 9.36. The zero-order valence-electron chi connectivity index (χ0n) is 10.8. The molecule has 0 aliphatic heterocycles. The van der Waals surface area contributed by atoms with Crippen LogP contribution in [0.1, 0.15) is 5.56 Å². The topological polar surface area (TPSA) is 32.6 Å². The third-order valence-corrected chi connectivity index (χ3v) is 2.49. The molecule has 2 nitrogen and oxygen atoms in total.